The fourth-order valence-corrected chi connectivity index (χ4v) is 4.40. The number of halogens is 1. The number of nitrogens with one attached hydrogen (secondary N) is 1. The van der Waals surface area contributed by atoms with Gasteiger partial charge in [0, 0.05) is 20.8 Å². The minimum atomic E-state index is -0.637. The van der Waals surface area contributed by atoms with Crippen LogP contribution in [-0.4, -0.2) is 28.3 Å². The lowest BCUT2D eigenvalue weighted by Crippen LogP contribution is -2.25. The van der Waals surface area contributed by atoms with Gasteiger partial charge < -0.3 is 10.1 Å². The number of esters is 1. The molecule has 0 bridgehead atoms. The molecule has 0 radical (unpaired) electrons. The topological polar surface area (TPSA) is 90.3 Å². The van der Waals surface area contributed by atoms with Gasteiger partial charge in [0.2, 0.25) is 0 Å². The molecule has 1 N–H and O–H groups in total. The molecule has 162 valence electrons. The van der Waals surface area contributed by atoms with Crippen LogP contribution >= 0.6 is 27.3 Å². The van der Waals surface area contributed by atoms with Crippen molar-refractivity contribution in [1.29, 1.82) is 0 Å². The minimum absolute atomic E-state index is 0.0170. The summed E-state index contributed by atoms with van der Waals surface area (Å²) in [5.41, 5.74) is 1.46. The van der Waals surface area contributed by atoms with Crippen LogP contribution in [0.4, 0.5) is 5.00 Å². The number of rotatable bonds is 5. The zero-order valence-corrected chi connectivity index (χ0v) is 19.6. The summed E-state index contributed by atoms with van der Waals surface area (Å²) in [4.78, 5) is 38.8. The Hall–Kier alpha value is -3.30. The molecule has 0 aliphatic rings. The molecule has 0 unspecified atom stereocenters. The molecule has 9 heteroatoms. The van der Waals surface area contributed by atoms with Crippen LogP contribution in [0.15, 0.2) is 63.2 Å². The lowest BCUT2D eigenvalue weighted by molar-refractivity contribution is 0.0520. The van der Waals surface area contributed by atoms with Gasteiger partial charge >= 0.3 is 5.97 Å². The average molecular weight is 512 g/mol. The van der Waals surface area contributed by atoms with E-state index in [0.717, 1.165) is 21.4 Å². The number of amides is 1. The summed E-state index contributed by atoms with van der Waals surface area (Å²) in [6.45, 7) is 3.76. The van der Waals surface area contributed by atoms with Crippen LogP contribution in [0.1, 0.15) is 33.3 Å². The van der Waals surface area contributed by atoms with Gasteiger partial charge in [0.15, 0.2) is 5.69 Å². The van der Waals surface area contributed by atoms with Crippen molar-refractivity contribution in [3.05, 3.63) is 85.6 Å². The van der Waals surface area contributed by atoms with E-state index in [1.807, 2.05) is 13.0 Å². The molecular formula is C23H18BrN3O4S. The van der Waals surface area contributed by atoms with Crippen molar-refractivity contribution in [3.63, 3.8) is 0 Å². The van der Waals surface area contributed by atoms with Gasteiger partial charge in [-0.3, -0.25) is 9.59 Å². The summed E-state index contributed by atoms with van der Waals surface area (Å²) in [6.07, 6.45) is 0. The van der Waals surface area contributed by atoms with Crippen LogP contribution in [0, 0.1) is 6.92 Å². The Morgan fingerprint density at radius 2 is 1.94 bits per heavy atom. The third-order valence-electron chi connectivity index (χ3n) is 4.70. The highest BCUT2D eigenvalue weighted by molar-refractivity contribution is 9.10. The predicted octanol–water partition coefficient (Wildman–Crippen LogP) is 4.95. The SMILES string of the molecule is CCOC(=O)c1nn(-c2cccc(C)c2)c(=O)c2c(NC(=O)c3ccc(Br)cc3)scc12. The van der Waals surface area contributed by atoms with Crippen LogP contribution in [0.5, 0.6) is 0 Å². The van der Waals surface area contributed by atoms with Crippen molar-refractivity contribution in [2.24, 2.45) is 0 Å². The molecule has 2 aromatic carbocycles. The largest absolute Gasteiger partial charge is 0.461 e. The highest BCUT2D eigenvalue weighted by Gasteiger charge is 2.23. The third-order valence-corrected chi connectivity index (χ3v) is 6.12. The van der Waals surface area contributed by atoms with E-state index in [1.165, 1.54) is 4.68 Å². The predicted molar refractivity (Wildman–Crippen MR) is 128 cm³/mol. The third kappa shape index (κ3) is 4.21. The number of nitrogens with zero attached hydrogens (tertiary/aromatic N) is 2. The number of hydrogen-bond donors (Lipinski definition) is 1. The Bertz CT molecular complexity index is 1390. The molecule has 0 spiro atoms. The Balaban J connectivity index is 1.88. The molecule has 2 aromatic heterocycles. The molecule has 0 saturated heterocycles. The van der Waals surface area contributed by atoms with E-state index in [9.17, 15) is 14.4 Å². The first-order valence-electron chi connectivity index (χ1n) is 9.74. The zero-order valence-electron chi connectivity index (χ0n) is 17.2. The van der Waals surface area contributed by atoms with Gasteiger partial charge in [-0.1, -0.05) is 28.1 Å². The molecule has 32 heavy (non-hydrogen) atoms. The first kappa shape index (κ1) is 21.9. The molecule has 0 fully saturated rings. The second-order valence-electron chi connectivity index (χ2n) is 6.94. The van der Waals surface area contributed by atoms with Gasteiger partial charge in [-0.05, 0) is 55.8 Å². The molecular weight excluding hydrogens is 494 g/mol. The number of benzene rings is 2. The minimum Gasteiger partial charge on any atom is -0.461 e. The van der Waals surface area contributed by atoms with Crippen molar-refractivity contribution < 1.29 is 14.3 Å². The molecule has 0 saturated carbocycles. The Morgan fingerprint density at radius 3 is 2.62 bits per heavy atom. The summed E-state index contributed by atoms with van der Waals surface area (Å²) in [5.74, 6) is -1.00. The molecule has 0 aliphatic heterocycles. The van der Waals surface area contributed by atoms with Gasteiger partial charge in [0.25, 0.3) is 11.5 Å². The fourth-order valence-electron chi connectivity index (χ4n) is 3.20. The second-order valence-corrected chi connectivity index (χ2v) is 8.73. The molecule has 4 aromatic rings. The number of anilines is 1. The molecule has 7 nitrogen and oxygen atoms in total. The lowest BCUT2D eigenvalue weighted by atomic mass is 10.2. The molecule has 2 heterocycles. The van der Waals surface area contributed by atoms with Gasteiger partial charge in [-0.2, -0.15) is 9.78 Å². The molecule has 4 rings (SSSR count). The van der Waals surface area contributed by atoms with E-state index in [2.05, 4.69) is 26.3 Å². The maximum atomic E-state index is 13.4. The Morgan fingerprint density at radius 1 is 1.19 bits per heavy atom. The quantitative estimate of drug-likeness (QED) is 0.383. The van der Waals surface area contributed by atoms with Gasteiger partial charge in [0.05, 0.1) is 17.7 Å². The smallest absolute Gasteiger partial charge is 0.359 e. The number of thiophene rings is 1. The van der Waals surface area contributed by atoms with Crippen LogP contribution in [0.2, 0.25) is 0 Å². The first-order valence-corrected chi connectivity index (χ1v) is 11.4. The van der Waals surface area contributed by atoms with Crippen molar-refractivity contribution in [1.82, 2.24) is 9.78 Å². The highest BCUT2D eigenvalue weighted by atomic mass is 79.9. The number of ether oxygens (including phenoxy) is 1. The van der Waals surface area contributed by atoms with Crippen LogP contribution < -0.4 is 10.9 Å². The average Bonchev–Trinajstić information content (AvgIpc) is 3.18. The van der Waals surface area contributed by atoms with Gasteiger partial charge in [-0.15, -0.1) is 11.3 Å². The number of aromatic nitrogens is 2. The van der Waals surface area contributed by atoms with E-state index in [1.54, 1.807) is 54.8 Å². The molecule has 0 atom stereocenters. The summed E-state index contributed by atoms with van der Waals surface area (Å²) in [7, 11) is 0. The first-order chi connectivity index (χ1) is 15.4. The lowest BCUT2D eigenvalue weighted by Gasteiger charge is -2.10. The Labute approximate surface area is 195 Å². The van der Waals surface area contributed by atoms with Crippen LogP contribution in [0.25, 0.3) is 16.5 Å². The number of aryl methyl sites for hydroxylation is 1. The Kier molecular flexibility index (Phi) is 6.20. The van der Waals surface area contributed by atoms with E-state index in [4.69, 9.17) is 4.74 Å². The maximum absolute atomic E-state index is 13.4. The van der Waals surface area contributed by atoms with E-state index in [0.29, 0.717) is 21.6 Å². The standard InChI is InChI=1S/C23H18BrN3O4S/c1-3-31-23(30)19-17-12-32-21(25-20(28)14-7-9-15(24)10-8-14)18(17)22(29)27(26-19)16-6-4-5-13(2)11-16/h4-12H,3H2,1-2H3,(H,25,28). The van der Waals surface area contributed by atoms with Gasteiger partial charge in [0.1, 0.15) is 5.00 Å². The number of carbonyl (C=O) groups is 2. The summed E-state index contributed by atoms with van der Waals surface area (Å²) >= 11 is 4.50. The number of carbonyl (C=O) groups excluding carboxylic acids is 2. The number of fused-ring (bicyclic) bond motifs is 1. The van der Waals surface area contributed by atoms with Crippen molar-refractivity contribution in [3.8, 4) is 5.69 Å². The van der Waals surface area contributed by atoms with E-state index in [-0.39, 0.29) is 23.6 Å². The number of hydrogen-bond acceptors (Lipinski definition) is 6. The summed E-state index contributed by atoms with van der Waals surface area (Å²) in [6, 6.07) is 14.1. The monoisotopic (exact) mass is 511 g/mol. The fraction of sp³-hybridized carbons (Fsp3) is 0.130. The van der Waals surface area contributed by atoms with Crippen LogP contribution in [-0.2, 0) is 4.74 Å². The second kappa shape index (κ2) is 9.05. The van der Waals surface area contributed by atoms with E-state index < -0.39 is 11.5 Å². The van der Waals surface area contributed by atoms with Crippen molar-refractivity contribution >= 4 is 54.9 Å². The highest BCUT2D eigenvalue weighted by Crippen LogP contribution is 2.31. The zero-order chi connectivity index (χ0) is 22.8. The summed E-state index contributed by atoms with van der Waals surface area (Å²) < 4.78 is 7.18. The van der Waals surface area contributed by atoms with Crippen molar-refractivity contribution in [2.75, 3.05) is 11.9 Å². The van der Waals surface area contributed by atoms with Crippen molar-refractivity contribution in [2.45, 2.75) is 13.8 Å². The van der Waals surface area contributed by atoms with Crippen LogP contribution in [0.3, 0.4) is 0 Å². The molecule has 0 aliphatic carbocycles. The summed E-state index contributed by atoms with van der Waals surface area (Å²) in [5, 5.41) is 9.63. The normalized spacial score (nSPS) is 10.8. The molecule has 1 amide bonds. The van der Waals surface area contributed by atoms with Gasteiger partial charge in [-0.25, -0.2) is 4.79 Å². The van der Waals surface area contributed by atoms with E-state index >= 15 is 0 Å². The maximum Gasteiger partial charge on any atom is 0.359 e.